The number of aryl methyl sites for hydroxylation is 2. The zero-order chi connectivity index (χ0) is 16.9. The van der Waals surface area contributed by atoms with Gasteiger partial charge in [-0.1, -0.05) is 6.07 Å². The molecule has 5 nitrogen and oxygen atoms in total. The van der Waals surface area contributed by atoms with Gasteiger partial charge >= 0.3 is 0 Å². The Labute approximate surface area is 142 Å². The number of nitriles is 1. The van der Waals surface area contributed by atoms with Crippen molar-refractivity contribution in [3.8, 4) is 11.8 Å². The molecule has 1 saturated heterocycles. The normalized spacial score (nSPS) is 16.6. The summed E-state index contributed by atoms with van der Waals surface area (Å²) in [5.74, 6) is 0.788. The quantitative estimate of drug-likeness (QED) is 0.904. The first kappa shape index (κ1) is 16.3. The topological polar surface area (TPSA) is 67.2 Å². The summed E-state index contributed by atoms with van der Waals surface area (Å²) in [5.41, 5.74) is 3.80. The molecule has 0 aliphatic carbocycles. The van der Waals surface area contributed by atoms with Gasteiger partial charge in [-0.3, -0.25) is 4.98 Å². The molecule has 3 rings (SSSR count). The monoisotopic (exact) mass is 323 g/mol. The number of nitrogens with one attached hydrogen (secondary N) is 1. The number of anilines is 2. The number of benzene rings is 1. The summed E-state index contributed by atoms with van der Waals surface area (Å²) in [6, 6.07) is 11.8. The lowest BCUT2D eigenvalue weighted by molar-refractivity contribution is 0.0680. The first-order valence-corrected chi connectivity index (χ1v) is 8.15. The van der Waals surface area contributed by atoms with Gasteiger partial charge in [0.25, 0.3) is 0 Å². The van der Waals surface area contributed by atoms with Crippen LogP contribution in [0.2, 0.25) is 0 Å². The fourth-order valence-corrected chi connectivity index (χ4v) is 2.85. The molecule has 124 valence electrons. The predicted molar refractivity (Wildman–Crippen MR) is 92.6 cm³/mol. The van der Waals surface area contributed by atoms with E-state index in [1.807, 2.05) is 44.2 Å². The average Bonchev–Trinajstić information content (AvgIpc) is 3.06. The third kappa shape index (κ3) is 3.84. The first-order valence-electron chi connectivity index (χ1n) is 8.15. The van der Waals surface area contributed by atoms with Crippen LogP contribution in [0.15, 0.2) is 30.3 Å². The van der Waals surface area contributed by atoms with E-state index in [9.17, 15) is 5.26 Å². The third-order valence-electron chi connectivity index (χ3n) is 4.01. The summed E-state index contributed by atoms with van der Waals surface area (Å²) in [6.45, 7) is 5.16. The molecule has 1 unspecified atom stereocenters. The molecule has 2 aromatic rings. The molecule has 1 aliphatic rings. The molecule has 0 spiro atoms. The second kappa shape index (κ2) is 7.33. The maximum absolute atomic E-state index is 9.36. The van der Waals surface area contributed by atoms with E-state index in [4.69, 9.17) is 9.47 Å². The second-order valence-electron chi connectivity index (χ2n) is 5.98. The van der Waals surface area contributed by atoms with Crippen LogP contribution in [0.3, 0.4) is 0 Å². The van der Waals surface area contributed by atoms with Crippen LogP contribution in [0.1, 0.15) is 29.8 Å². The molecule has 0 radical (unpaired) electrons. The lowest BCUT2D eigenvalue weighted by Gasteiger charge is -2.14. The Morgan fingerprint density at radius 3 is 3.00 bits per heavy atom. The molecule has 1 fully saturated rings. The van der Waals surface area contributed by atoms with E-state index in [-0.39, 0.29) is 6.10 Å². The molecule has 0 saturated carbocycles. The van der Waals surface area contributed by atoms with Gasteiger partial charge in [-0.25, -0.2) is 0 Å². The summed E-state index contributed by atoms with van der Waals surface area (Å²) in [6.07, 6.45) is 2.35. The molecule has 1 aliphatic heterocycles. The number of pyridine rings is 1. The van der Waals surface area contributed by atoms with E-state index in [0.717, 1.165) is 48.0 Å². The Morgan fingerprint density at radius 1 is 1.38 bits per heavy atom. The van der Waals surface area contributed by atoms with Gasteiger partial charge in [0.1, 0.15) is 18.4 Å². The Morgan fingerprint density at radius 2 is 2.25 bits per heavy atom. The SMILES string of the molecule is Cc1cc(Nc2cccc(OCC3CCCO3)c2)c(C#N)c(C)n1. The highest BCUT2D eigenvalue weighted by Gasteiger charge is 2.16. The van der Waals surface area contributed by atoms with Crippen molar-refractivity contribution in [3.63, 3.8) is 0 Å². The van der Waals surface area contributed by atoms with Crippen LogP contribution in [0.25, 0.3) is 0 Å². The van der Waals surface area contributed by atoms with Crippen LogP contribution in [0.4, 0.5) is 11.4 Å². The van der Waals surface area contributed by atoms with Gasteiger partial charge in [0.05, 0.1) is 23.0 Å². The zero-order valence-electron chi connectivity index (χ0n) is 14.0. The van der Waals surface area contributed by atoms with Crippen molar-refractivity contribution in [2.24, 2.45) is 0 Å². The molecule has 0 amide bonds. The molecule has 0 bridgehead atoms. The Hall–Kier alpha value is -2.58. The predicted octanol–water partition coefficient (Wildman–Crippen LogP) is 3.87. The largest absolute Gasteiger partial charge is 0.491 e. The lowest BCUT2D eigenvalue weighted by atomic mass is 10.1. The lowest BCUT2D eigenvalue weighted by Crippen LogP contribution is -2.16. The zero-order valence-corrected chi connectivity index (χ0v) is 14.0. The van der Waals surface area contributed by atoms with Crippen LogP contribution in [-0.2, 0) is 4.74 Å². The molecule has 2 heterocycles. The van der Waals surface area contributed by atoms with Gasteiger partial charge < -0.3 is 14.8 Å². The Kier molecular flexibility index (Phi) is 4.97. The highest BCUT2D eigenvalue weighted by molar-refractivity contribution is 5.68. The molecule has 24 heavy (non-hydrogen) atoms. The molecule has 1 N–H and O–H groups in total. The number of ether oxygens (including phenoxy) is 2. The standard InChI is InChI=1S/C19H21N3O2/c1-13-9-19(18(11-20)14(2)21-13)22-15-5-3-6-16(10-15)24-12-17-7-4-8-23-17/h3,5-6,9-10,17H,4,7-8,12H2,1-2H3,(H,21,22). The Bertz CT molecular complexity index is 762. The minimum Gasteiger partial charge on any atom is -0.491 e. The van der Waals surface area contributed by atoms with Crippen molar-refractivity contribution in [1.82, 2.24) is 4.98 Å². The minimum atomic E-state index is 0.192. The van der Waals surface area contributed by atoms with Gasteiger partial charge in [0.2, 0.25) is 0 Å². The van der Waals surface area contributed by atoms with E-state index in [1.54, 1.807) is 0 Å². The fourth-order valence-electron chi connectivity index (χ4n) is 2.85. The summed E-state index contributed by atoms with van der Waals surface area (Å²) < 4.78 is 11.4. The van der Waals surface area contributed by atoms with E-state index >= 15 is 0 Å². The van der Waals surface area contributed by atoms with Crippen molar-refractivity contribution in [2.45, 2.75) is 32.8 Å². The smallest absolute Gasteiger partial charge is 0.121 e. The number of aromatic nitrogens is 1. The van der Waals surface area contributed by atoms with E-state index in [0.29, 0.717) is 12.2 Å². The number of rotatable bonds is 5. The summed E-state index contributed by atoms with van der Waals surface area (Å²) >= 11 is 0. The van der Waals surface area contributed by atoms with Crippen LogP contribution in [0, 0.1) is 25.2 Å². The van der Waals surface area contributed by atoms with Crippen molar-refractivity contribution in [3.05, 3.63) is 47.3 Å². The molecule has 1 atom stereocenters. The summed E-state index contributed by atoms with van der Waals surface area (Å²) in [7, 11) is 0. The van der Waals surface area contributed by atoms with E-state index < -0.39 is 0 Å². The molecular weight excluding hydrogens is 302 g/mol. The van der Waals surface area contributed by atoms with Gasteiger partial charge in [0.15, 0.2) is 0 Å². The molecule has 5 heteroatoms. The van der Waals surface area contributed by atoms with E-state index in [2.05, 4.69) is 16.4 Å². The van der Waals surface area contributed by atoms with Crippen molar-refractivity contribution < 1.29 is 9.47 Å². The Balaban J connectivity index is 1.74. The van der Waals surface area contributed by atoms with E-state index in [1.165, 1.54) is 0 Å². The second-order valence-corrected chi connectivity index (χ2v) is 5.98. The van der Waals surface area contributed by atoms with Crippen LogP contribution < -0.4 is 10.1 Å². The van der Waals surface area contributed by atoms with Gasteiger partial charge in [-0.05, 0) is 44.9 Å². The van der Waals surface area contributed by atoms with Gasteiger partial charge in [-0.15, -0.1) is 0 Å². The number of hydrogen-bond acceptors (Lipinski definition) is 5. The highest BCUT2D eigenvalue weighted by atomic mass is 16.5. The maximum Gasteiger partial charge on any atom is 0.121 e. The molecular formula is C19H21N3O2. The highest BCUT2D eigenvalue weighted by Crippen LogP contribution is 2.26. The molecule has 1 aromatic heterocycles. The van der Waals surface area contributed by atoms with Crippen LogP contribution >= 0.6 is 0 Å². The fraction of sp³-hybridized carbons (Fsp3) is 0.368. The van der Waals surface area contributed by atoms with Crippen molar-refractivity contribution in [2.75, 3.05) is 18.5 Å². The van der Waals surface area contributed by atoms with Crippen molar-refractivity contribution >= 4 is 11.4 Å². The number of hydrogen-bond donors (Lipinski definition) is 1. The maximum atomic E-state index is 9.36. The van der Waals surface area contributed by atoms with Crippen molar-refractivity contribution in [1.29, 1.82) is 5.26 Å². The first-order chi connectivity index (χ1) is 11.7. The van der Waals surface area contributed by atoms with Crippen LogP contribution in [0.5, 0.6) is 5.75 Å². The van der Waals surface area contributed by atoms with Gasteiger partial charge in [0, 0.05) is 24.1 Å². The molecule has 1 aromatic carbocycles. The van der Waals surface area contributed by atoms with Gasteiger partial charge in [-0.2, -0.15) is 5.26 Å². The van der Waals surface area contributed by atoms with Crippen LogP contribution in [-0.4, -0.2) is 24.3 Å². The number of nitrogens with zero attached hydrogens (tertiary/aromatic N) is 2. The summed E-state index contributed by atoms with van der Waals surface area (Å²) in [4.78, 5) is 4.34. The summed E-state index contributed by atoms with van der Waals surface area (Å²) in [5, 5.41) is 12.7. The third-order valence-corrected chi connectivity index (χ3v) is 4.01. The average molecular weight is 323 g/mol. The minimum absolute atomic E-state index is 0.192.